The number of methoxy groups -OCH3 is 2. The Morgan fingerprint density at radius 1 is 1.20 bits per heavy atom. The van der Waals surface area contributed by atoms with Gasteiger partial charge in [0.05, 0.1) is 20.1 Å². The maximum atomic E-state index is 12.4. The Labute approximate surface area is 145 Å². The minimum Gasteiger partial charge on any atom is -0.469 e. The molecule has 0 saturated carbocycles. The van der Waals surface area contributed by atoms with Gasteiger partial charge in [0.25, 0.3) is 0 Å². The van der Waals surface area contributed by atoms with E-state index in [-0.39, 0.29) is 26.0 Å². The first-order chi connectivity index (χ1) is 11.9. The molecule has 0 bridgehead atoms. The topological polar surface area (TPSA) is 102 Å². The van der Waals surface area contributed by atoms with Crippen LogP contribution in [-0.2, 0) is 30.4 Å². The number of amides is 1. The van der Waals surface area contributed by atoms with Gasteiger partial charge in [0.1, 0.15) is 6.61 Å². The third-order valence-corrected chi connectivity index (χ3v) is 4.15. The van der Waals surface area contributed by atoms with Crippen molar-refractivity contribution in [3.05, 3.63) is 35.9 Å². The standard InChI is InChI=1S/C17H21NO7/c1-23-14(19)13-8-9-18(17(22,10-13)15(20)24-2)16(21)25-11-12-6-4-3-5-7-12/h3-7,13,22H,8-11H2,1-2H3. The lowest BCUT2D eigenvalue weighted by atomic mass is 9.88. The van der Waals surface area contributed by atoms with Crippen LogP contribution < -0.4 is 0 Å². The van der Waals surface area contributed by atoms with Crippen molar-refractivity contribution in [1.82, 2.24) is 4.90 Å². The van der Waals surface area contributed by atoms with E-state index in [9.17, 15) is 19.5 Å². The van der Waals surface area contributed by atoms with Gasteiger partial charge in [-0.1, -0.05) is 30.3 Å². The number of hydrogen-bond acceptors (Lipinski definition) is 7. The number of nitrogens with zero attached hydrogens (tertiary/aromatic N) is 1. The fourth-order valence-corrected chi connectivity index (χ4v) is 2.79. The molecule has 8 nitrogen and oxygen atoms in total. The largest absolute Gasteiger partial charge is 0.469 e. The van der Waals surface area contributed by atoms with Crippen LogP contribution in [0.15, 0.2) is 30.3 Å². The van der Waals surface area contributed by atoms with Gasteiger partial charge in [0.2, 0.25) is 5.72 Å². The zero-order valence-electron chi connectivity index (χ0n) is 14.1. The number of hydrogen-bond donors (Lipinski definition) is 1. The molecule has 25 heavy (non-hydrogen) atoms. The van der Waals surface area contributed by atoms with E-state index >= 15 is 0 Å². The number of carbonyl (C=O) groups is 3. The van der Waals surface area contributed by atoms with E-state index in [1.54, 1.807) is 24.3 Å². The van der Waals surface area contributed by atoms with Crippen molar-refractivity contribution in [2.45, 2.75) is 25.2 Å². The summed E-state index contributed by atoms with van der Waals surface area (Å²) >= 11 is 0. The Kier molecular flexibility index (Phi) is 5.97. The summed E-state index contributed by atoms with van der Waals surface area (Å²) in [6.45, 7) is -0.0488. The summed E-state index contributed by atoms with van der Waals surface area (Å²) in [6, 6.07) is 9.00. The average Bonchev–Trinajstić information content (AvgIpc) is 2.65. The molecular weight excluding hydrogens is 330 g/mol. The molecule has 0 radical (unpaired) electrons. The van der Waals surface area contributed by atoms with Crippen LogP contribution in [0.4, 0.5) is 4.79 Å². The van der Waals surface area contributed by atoms with Crippen LogP contribution in [0.5, 0.6) is 0 Å². The van der Waals surface area contributed by atoms with Gasteiger partial charge < -0.3 is 19.3 Å². The third kappa shape index (κ3) is 4.08. The van der Waals surface area contributed by atoms with Gasteiger partial charge in [-0.15, -0.1) is 0 Å². The summed E-state index contributed by atoms with van der Waals surface area (Å²) in [5.41, 5.74) is -1.51. The predicted molar refractivity (Wildman–Crippen MR) is 85.0 cm³/mol. The van der Waals surface area contributed by atoms with Crippen molar-refractivity contribution in [1.29, 1.82) is 0 Å². The highest BCUT2D eigenvalue weighted by Gasteiger charge is 2.52. The molecule has 1 amide bonds. The number of esters is 2. The first-order valence-electron chi connectivity index (χ1n) is 7.79. The average molecular weight is 351 g/mol. The Bertz CT molecular complexity index is 633. The van der Waals surface area contributed by atoms with E-state index in [2.05, 4.69) is 9.47 Å². The van der Waals surface area contributed by atoms with Gasteiger partial charge in [-0.25, -0.2) is 9.59 Å². The lowest BCUT2D eigenvalue weighted by Gasteiger charge is -2.42. The second kappa shape index (κ2) is 7.98. The van der Waals surface area contributed by atoms with E-state index < -0.39 is 29.7 Å². The summed E-state index contributed by atoms with van der Waals surface area (Å²) in [6.07, 6.45) is -0.931. The molecule has 1 aliphatic heterocycles. The maximum absolute atomic E-state index is 12.4. The smallest absolute Gasteiger partial charge is 0.412 e. The first kappa shape index (κ1) is 18.7. The Morgan fingerprint density at radius 3 is 2.48 bits per heavy atom. The molecule has 2 rings (SSSR count). The number of carbonyl (C=O) groups excluding carboxylic acids is 3. The fraction of sp³-hybridized carbons (Fsp3) is 0.471. The number of rotatable bonds is 4. The first-order valence-corrected chi connectivity index (χ1v) is 7.79. The maximum Gasteiger partial charge on any atom is 0.412 e. The Balaban J connectivity index is 2.12. The minimum absolute atomic E-state index is 0.00610. The lowest BCUT2D eigenvalue weighted by molar-refractivity contribution is -0.195. The second-order valence-corrected chi connectivity index (χ2v) is 5.71. The number of likely N-dealkylation sites (tertiary alicyclic amines) is 1. The van der Waals surface area contributed by atoms with Gasteiger partial charge in [-0.05, 0) is 12.0 Å². The third-order valence-electron chi connectivity index (χ3n) is 4.15. The zero-order chi connectivity index (χ0) is 18.4. The summed E-state index contributed by atoms with van der Waals surface area (Å²) in [5.74, 6) is -2.30. The molecule has 0 aliphatic carbocycles. The molecule has 1 aromatic rings. The van der Waals surface area contributed by atoms with E-state index in [1.165, 1.54) is 7.11 Å². The zero-order valence-corrected chi connectivity index (χ0v) is 14.1. The highest BCUT2D eigenvalue weighted by Crippen LogP contribution is 2.32. The van der Waals surface area contributed by atoms with Crippen molar-refractivity contribution >= 4 is 18.0 Å². The SMILES string of the molecule is COC(=O)C1CCN(C(=O)OCc2ccccc2)C(O)(C(=O)OC)C1. The number of piperidine rings is 1. The molecule has 1 N–H and O–H groups in total. The fourth-order valence-electron chi connectivity index (χ4n) is 2.79. The van der Waals surface area contributed by atoms with Crippen LogP contribution >= 0.6 is 0 Å². The Morgan fingerprint density at radius 2 is 1.88 bits per heavy atom. The van der Waals surface area contributed by atoms with E-state index in [0.29, 0.717) is 0 Å². The molecule has 2 unspecified atom stereocenters. The van der Waals surface area contributed by atoms with Gasteiger partial charge in [-0.3, -0.25) is 9.69 Å². The molecule has 0 aromatic heterocycles. The monoisotopic (exact) mass is 351 g/mol. The number of benzene rings is 1. The quantitative estimate of drug-likeness (QED) is 0.639. The van der Waals surface area contributed by atoms with Crippen molar-refractivity contribution < 1.29 is 33.7 Å². The molecule has 136 valence electrons. The molecule has 1 aromatic carbocycles. The van der Waals surface area contributed by atoms with Gasteiger partial charge in [0, 0.05) is 13.0 Å². The molecule has 1 heterocycles. The number of aliphatic hydroxyl groups is 1. The lowest BCUT2D eigenvalue weighted by Crippen LogP contribution is -2.62. The summed E-state index contributed by atoms with van der Waals surface area (Å²) in [5, 5.41) is 10.7. The van der Waals surface area contributed by atoms with Crippen molar-refractivity contribution in [2.24, 2.45) is 5.92 Å². The van der Waals surface area contributed by atoms with Crippen LogP contribution in [0.1, 0.15) is 18.4 Å². The van der Waals surface area contributed by atoms with E-state index in [4.69, 9.17) is 4.74 Å². The minimum atomic E-state index is -2.28. The number of ether oxygens (including phenoxy) is 3. The van der Waals surface area contributed by atoms with Crippen molar-refractivity contribution in [3.8, 4) is 0 Å². The molecule has 1 aliphatic rings. The molecular formula is C17H21NO7. The normalized spacial score (nSPS) is 22.8. The Hall–Kier alpha value is -2.61. The van der Waals surface area contributed by atoms with Gasteiger partial charge in [-0.2, -0.15) is 0 Å². The van der Waals surface area contributed by atoms with E-state index in [0.717, 1.165) is 17.6 Å². The molecule has 8 heteroatoms. The van der Waals surface area contributed by atoms with Crippen LogP contribution in [0.2, 0.25) is 0 Å². The van der Waals surface area contributed by atoms with Gasteiger partial charge >= 0.3 is 18.0 Å². The van der Waals surface area contributed by atoms with Crippen molar-refractivity contribution in [2.75, 3.05) is 20.8 Å². The van der Waals surface area contributed by atoms with E-state index in [1.807, 2.05) is 6.07 Å². The predicted octanol–water partition coefficient (Wildman–Crippen LogP) is 1.07. The molecule has 1 saturated heterocycles. The molecule has 1 fully saturated rings. The van der Waals surface area contributed by atoms with Crippen LogP contribution in [0.3, 0.4) is 0 Å². The molecule has 2 atom stereocenters. The second-order valence-electron chi connectivity index (χ2n) is 5.71. The van der Waals surface area contributed by atoms with Crippen LogP contribution in [-0.4, -0.2) is 54.5 Å². The highest BCUT2D eigenvalue weighted by molar-refractivity contribution is 5.85. The summed E-state index contributed by atoms with van der Waals surface area (Å²) in [7, 11) is 2.32. The molecule has 0 spiro atoms. The summed E-state index contributed by atoms with van der Waals surface area (Å²) in [4.78, 5) is 37.1. The van der Waals surface area contributed by atoms with Crippen LogP contribution in [0.25, 0.3) is 0 Å². The summed E-state index contributed by atoms with van der Waals surface area (Å²) < 4.78 is 14.5. The highest BCUT2D eigenvalue weighted by atomic mass is 16.6. The van der Waals surface area contributed by atoms with Gasteiger partial charge in [0.15, 0.2) is 0 Å². The van der Waals surface area contributed by atoms with Crippen molar-refractivity contribution in [3.63, 3.8) is 0 Å². The van der Waals surface area contributed by atoms with Crippen LogP contribution in [0, 0.1) is 5.92 Å².